The molecule has 0 aliphatic heterocycles. The smallest absolute Gasteiger partial charge is 0.241 e. The predicted molar refractivity (Wildman–Crippen MR) is 80.8 cm³/mol. The van der Waals surface area contributed by atoms with Gasteiger partial charge in [-0.2, -0.15) is 5.26 Å². The van der Waals surface area contributed by atoms with E-state index in [0.29, 0.717) is 5.69 Å². The summed E-state index contributed by atoms with van der Waals surface area (Å²) in [5, 5.41) is 19.0. The summed E-state index contributed by atoms with van der Waals surface area (Å²) < 4.78 is 26.8. The summed E-state index contributed by atoms with van der Waals surface area (Å²) in [5.41, 5.74) is 5.85. The third kappa shape index (κ3) is 4.43. The van der Waals surface area contributed by atoms with E-state index in [9.17, 15) is 13.5 Å². The highest BCUT2D eigenvalue weighted by Crippen LogP contribution is 2.18. The average Bonchev–Trinajstić information content (AvgIpc) is 2.46. The molecule has 0 spiro atoms. The Morgan fingerprint density at radius 3 is 2.52 bits per heavy atom. The van der Waals surface area contributed by atoms with Crippen LogP contribution in [0.4, 0.5) is 5.69 Å². The molecule has 0 heterocycles. The molecule has 0 bridgehead atoms. The van der Waals surface area contributed by atoms with Crippen LogP contribution in [-0.2, 0) is 10.0 Å². The molecule has 1 unspecified atom stereocenters. The van der Waals surface area contributed by atoms with Crippen molar-refractivity contribution in [2.24, 2.45) is 5.92 Å². The van der Waals surface area contributed by atoms with Crippen LogP contribution in [0.25, 0.3) is 0 Å². The van der Waals surface area contributed by atoms with Gasteiger partial charge in [0.05, 0.1) is 16.6 Å². The van der Waals surface area contributed by atoms with Crippen molar-refractivity contribution < 1.29 is 13.5 Å². The molecule has 0 aliphatic rings. The summed E-state index contributed by atoms with van der Waals surface area (Å²) >= 11 is 0. The third-order valence-corrected chi connectivity index (χ3v) is 4.97. The van der Waals surface area contributed by atoms with E-state index in [1.165, 1.54) is 18.2 Å². The maximum atomic E-state index is 12.2. The molecule has 21 heavy (non-hydrogen) atoms. The highest BCUT2D eigenvalue weighted by Gasteiger charge is 2.22. The lowest BCUT2D eigenvalue weighted by Crippen LogP contribution is -2.36. The maximum absolute atomic E-state index is 12.2. The van der Waals surface area contributed by atoms with Gasteiger partial charge in [0, 0.05) is 12.2 Å². The first-order valence-corrected chi connectivity index (χ1v) is 8.31. The van der Waals surface area contributed by atoms with Gasteiger partial charge in [0.15, 0.2) is 0 Å². The van der Waals surface area contributed by atoms with Gasteiger partial charge in [0.1, 0.15) is 6.07 Å². The van der Waals surface area contributed by atoms with Gasteiger partial charge in [-0.1, -0.05) is 26.7 Å². The topological polar surface area (TPSA) is 116 Å². The van der Waals surface area contributed by atoms with Gasteiger partial charge < -0.3 is 10.8 Å². The lowest BCUT2D eigenvalue weighted by atomic mass is 9.97. The Morgan fingerprint density at radius 2 is 2.00 bits per heavy atom. The van der Waals surface area contributed by atoms with Gasteiger partial charge in [-0.3, -0.25) is 0 Å². The van der Waals surface area contributed by atoms with Gasteiger partial charge >= 0.3 is 0 Å². The van der Waals surface area contributed by atoms with Crippen LogP contribution in [0.15, 0.2) is 23.1 Å². The molecule has 1 aromatic carbocycles. The van der Waals surface area contributed by atoms with Gasteiger partial charge in [0.2, 0.25) is 10.0 Å². The zero-order chi connectivity index (χ0) is 16.0. The average molecular weight is 311 g/mol. The third-order valence-electron chi connectivity index (χ3n) is 3.49. The van der Waals surface area contributed by atoms with Crippen LogP contribution < -0.4 is 10.5 Å². The van der Waals surface area contributed by atoms with Crippen molar-refractivity contribution in [3.63, 3.8) is 0 Å². The van der Waals surface area contributed by atoms with Crippen molar-refractivity contribution in [2.75, 3.05) is 12.3 Å². The van der Waals surface area contributed by atoms with Gasteiger partial charge in [-0.15, -0.1) is 0 Å². The van der Waals surface area contributed by atoms with E-state index >= 15 is 0 Å². The van der Waals surface area contributed by atoms with E-state index in [1.54, 1.807) is 0 Å². The monoisotopic (exact) mass is 311 g/mol. The number of nitrogens with two attached hydrogens (primary N) is 1. The Bertz CT molecular complexity index is 619. The molecule has 7 heteroatoms. The Kier molecular flexibility index (Phi) is 6.15. The zero-order valence-electron chi connectivity index (χ0n) is 12.2. The largest absolute Gasteiger partial charge is 0.399 e. The number of hydrogen-bond donors (Lipinski definition) is 3. The van der Waals surface area contributed by atoms with Crippen LogP contribution >= 0.6 is 0 Å². The number of nitrogen functional groups attached to an aromatic ring is 1. The fraction of sp³-hybridized carbons (Fsp3) is 0.500. The highest BCUT2D eigenvalue weighted by molar-refractivity contribution is 7.89. The first kappa shape index (κ1) is 17.4. The SMILES string of the molecule is CCC(CC)C(O)CNS(=O)(=O)c1ccc(N)cc1C#N. The van der Waals surface area contributed by atoms with Crippen molar-refractivity contribution in [1.82, 2.24) is 4.72 Å². The molecular formula is C14H21N3O3S. The fourth-order valence-electron chi connectivity index (χ4n) is 2.14. The Hall–Kier alpha value is -1.62. The van der Waals surface area contributed by atoms with Gasteiger partial charge in [0.25, 0.3) is 0 Å². The molecule has 1 aromatic rings. The molecule has 0 radical (unpaired) electrons. The molecular weight excluding hydrogens is 290 g/mol. The van der Waals surface area contributed by atoms with Crippen molar-refractivity contribution in [3.05, 3.63) is 23.8 Å². The molecule has 1 rings (SSSR count). The van der Waals surface area contributed by atoms with Crippen LogP contribution in [0.5, 0.6) is 0 Å². The van der Waals surface area contributed by atoms with Crippen LogP contribution in [0.3, 0.4) is 0 Å². The van der Waals surface area contributed by atoms with Crippen LogP contribution in [0.2, 0.25) is 0 Å². The minimum atomic E-state index is -3.85. The first-order valence-electron chi connectivity index (χ1n) is 6.83. The molecule has 4 N–H and O–H groups in total. The summed E-state index contributed by atoms with van der Waals surface area (Å²) in [4.78, 5) is -0.129. The first-order chi connectivity index (χ1) is 9.85. The normalized spacial score (nSPS) is 13.1. The van der Waals surface area contributed by atoms with Gasteiger partial charge in [-0.05, 0) is 24.1 Å². The van der Waals surface area contributed by atoms with Crippen molar-refractivity contribution in [3.8, 4) is 6.07 Å². The molecule has 1 atom stereocenters. The lowest BCUT2D eigenvalue weighted by molar-refractivity contribution is 0.107. The lowest BCUT2D eigenvalue weighted by Gasteiger charge is -2.20. The van der Waals surface area contributed by atoms with Crippen LogP contribution in [0, 0.1) is 17.2 Å². The number of aliphatic hydroxyl groups excluding tert-OH is 1. The number of benzene rings is 1. The molecule has 0 aliphatic carbocycles. The van der Waals surface area contributed by atoms with Gasteiger partial charge in [-0.25, -0.2) is 13.1 Å². The molecule has 0 amide bonds. The Labute approximate surface area is 125 Å². The highest BCUT2D eigenvalue weighted by atomic mass is 32.2. The second-order valence-electron chi connectivity index (χ2n) is 4.86. The number of anilines is 1. The fourth-order valence-corrected chi connectivity index (χ4v) is 3.33. The summed E-state index contributed by atoms with van der Waals surface area (Å²) in [6, 6.07) is 5.84. The number of rotatable bonds is 7. The summed E-state index contributed by atoms with van der Waals surface area (Å²) in [6.45, 7) is 3.81. The summed E-state index contributed by atoms with van der Waals surface area (Å²) in [6.07, 6.45) is 0.782. The van der Waals surface area contributed by atoms with E-state index in [1.807, 2.05) is 19.9 Å². The summed E-state index contributed by atoms with van der Waals surface area (Å²) in [5.74, 6) is 0.0366. The minimum absolute atomic E-state index is 0.0143. The van der Waals surface area contributed by atoms with Crippen molar-refractivity contribution >= 4 is 15.7 Å². The molecule has 0 saturated heterocycles. The van der Waals surface area contributed by atoms with E-state index in [2.05, 4.69) is 4.72 Å². The maximum Gasteiger partial charge on any atom is 0.241 e. The molecule has 0 saturated carbocycles. The predicted octanol–water partition coefficient (Wildman–Crippen LogP) is 1.22. The van der Waals surface area contributed by atoms with E-state index in [0.717, 1.165) is 12.8 Å². The Balaban J connectivity index is 2.91. The number of aliphatic hydroxyl groups is 1. The molecule has 6 nitrogen and oxygen atoms in total. The molecule has 0 aromatic heterocycles. The second kappa shape index (κ2) is 7.41. The number of nitriles is 1. The standard InChI is InChI=1S/C14H21N3O3S/c1-3-10(4-2)13(18)9-17-21(19,20)14-6-5-12(16)7-11(14)8-15/h5-7,10,13,17-18H,3-4,9,16H2,1-2H3. The van der Waals surface area contributed by atoms with E-state index < -0.39 is 16.1 Å². The second-order valence-corrected chi connectivity index (χ2v) is 6.60. The number of nitrogens with zero attached hydrogens (tertiary/aromatic N) is 1. The van der Waals surface area contributed by atoms with Crippen molar-refractivity contribution in [2.45, 2.75) is 37.7 Å². The van der Waals surface area contributed by atoms with Crippen LogP contribution in [0.1, 0.15) is 32.3 Å². The van der Waals surface area contributed by atoms with E-state index in [4.69, 9.17) is 11.0 Å². The molecule has 116 valence electrons. The number of sulfonamides is 1. The zero-order valence-corrected chi connectivity index (χ0v) is 13.0. The molecule has 0 fully saturated rings. The quantitative estimate of drug-likeness (QED) is 0.655. The number of nitrogens with one attached hydrogen (secondary N) is 1. The summed E-state index contributed by atoms with van der Waals surface area (Å²) in [7, 11) is -3.85. The van der Waals surface area contributed by atoms with Crippen molar-refractivity contribution in [1.29, 1.82) is 5.26 Å². The van der Waals surface area contributed by atoms with E-state index in [-0.39, 0.29) is 22.9 Å². The minimum Gasteiger partial charge on any atom is -0.399 e. The number of hydrogen-bond acceptors (Lipinski definition) is 5. The van der Waals surface area contributed by atoms with Crippen LogP contribution in [-0.4, -0.2) is 26.2 Å². The Morgan fingerprint density at radius 1 is 1.38 bits per heavy atom.